The Labute approximate surface area is 232 Å². The van der Waals surface area contributed by atoms with Gasteiger partial charge in [0.25, 0.3) is 0 Å². The predicted octanol–water partition coefficient (Wildman–Crippen LogP) is 4.15. The summed E-state index contributed by atoms with van der Waals surface area (Å²) >= 11 is 0. The zero-order chi connectivity index (χ0) is 30.3. The Morgan fingerprint density at radius 3 is 2.00 bits per heavy atom. The molecule has 1 fully saturated rings. The number of halogens is 4. The van der Waals surface area contributed by atoms with E-state index in [2.05, 4.69) is 0 Å². The summed E-state index contributed by atoms with van der Waals surface area (Å²) in [6.07, 6.45) is -1.32. The number of hydrogen-bond acceptors (Lipinski definition) is 7. The number of cyclic esters (lactones) is 1. The lowest BCUT2D eigenvalue weighted by atomic mass is 10.1. The topological polar surface area (TPSA) is 122 Å². The van der Waals surface area contributed by atoms with E-state index in [9.17, 15) is 36.7 Å². The van der Waals surface area contributed by atoms with Gasteiger partial charge in [0.05, 0.1) is 35.7 Å². The van der Waals surface area contributed by atoms with Crippen molar-refractivity contribution < 1.29 is 46.2 Å². The molecule has 1 atom stereocenters. The van der Waals surface area contributed by atoms with E-state index in [1.54, 1.807) is 13.8 Å². The van der Waals surface area contributed by atoms with E-state index in [0.717, 1.165) is 26.8 Å². The molecule has 3 amide bonds. The van der Waals surface area contributed by atoms with Crippen LogP contribution >= 0.6 is 0 Å². The van der Waals surface area contributed by atoms with Crippen LogP contribution in [0.15, 0.2) is 36.4 Å². The second kappa shape index (κ2) is 10.9. The van der Waals surface area contributed by atoms with Crippen LogP contribution in [0.5, 0.6) is 0 Å². The predicted molar refractivity (Wildman–Crippen MR) is 140 cm³/mol. The van der Waals surface area contributed by atoms with Crippen LogP contribution in [0.2, 0.25) is 0 Å². The number of esters is 1. The van der Waals surface area contributed by atoms with Crippen molar-refractivity contribution in [1.82, 2.24) is 0 Å². The number of hydrogen-bond donors (Lipinski definition) is 1. The van der Waals surface area contributed by atoms with Gasteiger partial charge in [-0.3, -0.25) is 14.5 Å². The number of nitrogens with two attached hydrogens (primary N) is 1. The maximum Gasteiger partial charge on any atom is 0.415 e. The van der Waals surface area contributed by atoms with Crippen LogP contribution in [-0.2, 0) is 35.7 Å². The molecule has 0 saturated carbocycles. The molecule has 3 heterocycles. The fourth-order valence-electron chi connectivity index (χ4n) is 4.73. The number of ether oxygens (including phenoxy) is 2. The van der Waals surface area contributed by atoms with Crippen molar-refractivity contribution in [3.63, 3.8) is 0 Å². The monoisotopic (exact) mass is 580 g/mol. The second-order valence-electron chi connectivity index (χ2n) is 9.38. The highest BCUT2D eigenvalue weighted by Gasteiger charge is 2.53. The van der Waals surface area contributed by atoms with Crippen LogP contribution < -0.4 is 20.4 Å². The Morgan fingerprint density at radius 2 is 1.46 bits per heavy atom. The van der Waals surface area contributed by atoms with Gasteiger partial charge < -0.3 is 25.0 Å². The van der Waals surface area contributed by atoms with E-state index in [1.807, 2.05) is 6.92 Å². The number of anilines is 4. The molecule has 0 spiro atoms. The first-order valence-corrected chi connectivity index (χ1v) is 12.9. The summed E-state index contributed by atoms with van der Waals surface area (Å²) in [6, 6.07) is 8.01. The molecule has 0 unspecified atom stereocenters. The van der Waals surface area contributed by atoms with Gasteiger partial charge in [0.2, 0.25) is 6.10 Å². The van der Waals surface area contributed by atoms with Gasteiger partial charge in [0.1, 0.15) is 0 Å². The fraction of sp³-hybridized carbons (Fsp3) is 0.407. The molecular formula is C27H28F4N4O6. The molecule has 10 nitrogen and oxygen atoms in total. The lowest BCUT2D eigenvalue weighted by Gasteiger charge is -2.16. The second-order valence-corrected chi connectivity index (χ2v) is 9.38. The van der Waals surface area contributed by atoms with E-state index in [4.69, 9.17) is 15.2 Å². The van der Waals surface area contributed by atoms with Gasteiger partial charge in [-0.15, -0.1) is 0 Å². The zero-order valence-electron chi connectivity index (χ0n) is 22.5. The van der Waals surface area contributed by atoms with Gasteiger partial charge in [-0.2, -0.15) is 17.6 Å². The molecule has 5 rings (SSSR count). The molecular weight excluding hydrogens is 552 g/mol. The van der Waals surface area contributed by atoms with Gasteiger partial charge in [-0.25, -0.2) is 9.59 Å². The van der Waals surface area contributed by atoms with Crippen molar-refractivity contribution >= 4 is 46.6 Å². The SMILES string of the molecule is CCCOC(=O)[C@H]1CN(c2ccc3c(c2)C(F)(F)C(=O)N3CC)C(=O)O1.CCN1C(=O)C(F)(F)c2cc(N)ccc21. The van der Waals surface area contributed by atoms with Crippen molar-refractivity contribution in [2.24, 2.45) is 0 Å². The van der Waals surface area contributed by atoms with Crippen LogP contribution in [0.4, 0.5) is 45.1 Å². The number of fused-ring (bicyclic) bond motifs is 2. The minimum atomic E-state index is -3.66. The van der Waals surface area contributed by atoms with Crippen LogP contribution in [-0.4, -0.2) is 56.2 Å². The van der Waals surface area contributed by atoms with Crippen LogP contribution in [0.1, 0.15) is 38.3 Å². The van der Waals surface area contributed by atoms with Crippen LogP contribution in [0, 0.1) is 0 Å². The maximum atomic E-state index is 14.3. The van der Waals surface area contributed by atoms with Crippen molar-refractivity contribution in [3.05, 3.63) is 47.5 Å². The van der Waals surface area contributed by atoms with Crippen molar-refractivity contribution in [1.29, 1.82) is 0 Å². The van der Waals surface area contributed by atoms with Crippen LogP contribution in [0.3, 0.4) is 0 Å². The number of carbonyl (C=O) groups is 4. The summed E-state index contributed by atoms with van der Waals surface area (Å²) in [5.74, 6) is -10.3. The third-order valence-electron chi connectivity index (χ3n) is 6.75. The number of likely N-dealkylation sites (N-methyl/N-ethyl adjacent to an activating group) is 2. The number of nitrogens with zero attached hydrogens (tertiary/aromatic N) is 3. The quantitative estimate of drug-likeness (QED) is 0.310. The van der Waals surface area contributed by atoms with E-state index < -0.39 is 47.4 Å². The molecule has 14 heteroatoms. The fourth-order valence-corrected chi connectivity index (χ4v) is 4.73. The average molecular weight is 581 g/mol. The molecule has 2 aromatic carbocycles. The molecule has 220 valence electrons. The molecule has 1 saturated heterocycles. The third-order valence-corrected chi connectivity index (χ3v) is 6.75. The maximum absolute atomic E-state index is 14.3. The Balaban J connectivity index is 0.000000218. The number of nitrogen functional groups attached to an aromatic ring is 1. The van der Waals surface area contributed by atoms with Crippen LogP contribution in [0.25, 0.3) is 0 Å². The summed E-state index contributed by atoms with van der Waals surface area (Å²) < 4.78 is 65.5. The Bertz CT molecular complexity index is 1400. The first-order chi connectivity index (χ1) is 19.3. The summed E-state index contributed by atoms with van der Waals surface area (Å²) in [6.45, 7) is 5.47. The number of rotatable bonds is 6. The average Bonchev–Trinajstić information content (AvgIpc) is 3.49. The number of benzene rings is 2. The molecule has 0 aromatic heterocycles. The lowest BCUT2D eigenvalue weighted by molar-refractivity contribution is -0.151. The third kappa shape index (κ3) is 5.02. The molecule has 2 N–H and O–H groups in total. The van der Waals surface area contributed by atoms with E-state index >= 15 is 0 Å². The van der Waals surface area contributed by atoms with Crippen molar-refractivity contribution in [2.45, 2.75) is 45.1 Å². The van der Waals surface area contributed by atoms with Gasteiger partial charge in [0.15, 0.2) is 0 Å². The first kappa shape index (κ1) is 29.6. The summed E-state index contributed by atoms with van der Waals surface area (Å²) in [7, 11) is 0. The van der Waals surface area contributed by atoms with Gasteiger partial charge in [-0.1, -0.05) is 6.92 Å². The minimum Gasteiger partial charge on any atom is -0.463 e. The summed E-state index contributed by atoms with van der Waals surface area (Å²) in [4.78, 5) is 50.2. The van der Waals surface area contributed by atoms with Crippen molar-refractivity contribution in [3.8, 4) is 0 Å². The smallest absolute Gasteiger partial charge is 0.415 e. The zero-order valence-corrected chi connectivity index (χ0v) is 22.5. The molecule has 41 heavy (non-hydrogen) atoms. The van der Waals surface area contributed by atoms with Gasteiger partial charge in [-0.05, 0) is 56.7 Å². The number of amides is 3. The molecule has 0 aliphatic carbocycles. The van der Waals surface area contributed by atoms with Gasteiger partial charge >= 0.3 is 35.7 Å². The van der Waals surface area contributed by atoms with E-state index in [1.165, 1.54) is 24.3 Å². The highest BCUT2D eigenvalue weighted by molar-refractivity contribution is 6.07. The first-order valence-electron chi connectivity index (χ1n) is 12.9. The molecule has 3 aliphatic rings. The van der Waals surface area contributed by atoms with E-state index in [-0.39, 0.29) is 54.6 Å². The Kier molecular flexibility index (Phi) is 7.87. The van der Waals surface area contributed by atoms with E-state index in [0.29, 0.717) is 6.42 Å². The Hall–Kier alpha value is -4.36. The summed E-state index contributed by atoms with van der Waals surface area (Å²) in [5, 5.41) is 0. The van der Waals surface area contributed by atoms with Gasteiger partial charge in [0, 0.05) is 24.5 Å². The highest BCUT2D eigenvalue weighted by Crippen LogP contribution is 2.46. The molecule has 2 aromatic rings. The normalized spacial score (nSPS) is 19.9. The highest BCUT2D eigenvalue weighted by atomic mass is 19.3. The largest absolute Gasteiger partial charge is 0.463 e. The minimum absolute atomic E-state index is 0.109. The molecule has 0 bridgehead atoms. The van der Waals surface area contributed by atoms with Crippen molar-refractivity contribution in [2.75, 3.05) is 46.7 Å². The molecule has 0 radical (unpaired) electrons. The lowest BCUT2D eigenvalue weighted by Crippen LogP contribution is -2.34. The standard InChI is InChI=1S/C17H18F2N2O5.C10H10F2N2O/c1-3-7-25-14(22)13-9-21(16(24)26-13)10-5-6-12-11(8-10)17(18,19)15(23)20(12)4-2;1-2-14-8-4-3-6(13)5-7(8)10(11,12)9(14)15/h5-6,8,13H,3-4,7,9H2,1-2H3;3-5H,2,13H2,1H3/t13-;/m1./s1. The molecule has 3 aliphatic heterocycles. The number of carbonyl (C=O) groups excluding carboxylic acids is 4. The Morgan fingerprint density at radius 1 is 0.927 bits per heavy atom. The number of alkyl halides is 4. The summed E-state index contributed by atoms with van der Waals surface area (Å²) in [5.41, 5.74) is 5.38.